The van der Waals surface area contributed by atoms with Crippen molar-refractivity contribution >= 4 is 21.6 Å². The summed E-state index contributed by atoms with van der Waals surface area (Å²) in [5.41, 5.74) is 3.97. The van der Waals surface area contributed by atoms with E-state index in [2.05, 4.69) is 4.90 Å². The lowest BCUT2D eigenvalue weighted by molar-refractivity contribution is -0.133. The first-order valence-electron chi connectivity index (χ1n) is 11.6. The lowest BCUT2D eigenvalue weighted by Gasteiger charge is -2.35. The highest BCUT2D eigenvalue weighted by atomic mass is 32.2. The fourth-order valence-electron chi connectivity index (χ4n) is 4.35. The molecular formula is C25H33N3O5S. The zero-order chi connectivity index (χ0) is 24.3. The molecule has 184 valence electrons. The van der Waals surface area contributed by atoms with Crippen molar-refractivity contribution < 1.29 is 22.7 Å². The summed E-state index contributed by atoms with van der Waals surface area (Å²) in [5, 5.41) is 0. The first-order chi connectivity index (χ1) is 16.2. The SMILES string of the molecule is Cc1ccc(N(CCCC(=O)N2CCN(Cc3ccc4c(c3)OCO4)CC2)S(C)(=O)=O)cc1C. The maximum Gasteiger partial charge on any atom is 0.232 e. The first-order valence-corrected chi connectivity index (χ1v) is 13.5. The van der Waals surface area contributed by atoms with Gasteiger partial charge in [-0.05, 0) is 61.2 Å². The second kappa shape index (κ2) is 10.2. The van der Waals surface area contributed by atoms with Gasteiger partial charge in [-0.15, -0.1) is 0 Å². The quantitative estimate of drug-likeness (QED) is 0.570. The van der Waals surface area contributed by atoms with Crippen LogP contribution in [0.3, 0.4) is 0 Å². The minimum Gasteiger partial charge on any atom is -0.454 e. The Balaban J connectivity index is 1.25. The van der Waals surface area contributed by atoms with Gasteiger partial charge in [-0.1, -0.05) is 12.1 Å². The topological polar surface area (TPSA) is 79.4 Å². The summed E-state index contributed by atoms with van der Waals surface area (Å²) in [6.07, 6.45) is 2.03. The molecule has 0 unspecified atom stereocenters. The second-order valence-corrected chi connectivity index (χ2v) is 11.0. The van der Waals surface area contributed by atoms with E-state index in [-0.39, 0.29) is 19.2 Å². The molecule has 0 atom stereocenters. The Kier molecular flexibility index (Phi) is 7.33. The van der Waals surface area contributed by atoms with Crippen molar-refractivity contribution in [2.75, 3.05) is 50.1 Å². The van der Waals surface area contributed by atoms with Gasteiger partial charge >= 0.3 is 0 Å². The average Bonchev–Trinajstić information content (AvgIpc) is 3.26. The van der Waals surface area contributed by atoms with Gasteiger partial charge < -0.3 is 14.4 Å². The predicted octanol–water partition coefficient (Wildman–Crippen LogP) is 2.92. The van der Waals surface area contributed by atoms with Crippen LogP contribution >= 0.6 is 0 Å². The van der Waals surface area contributed by atoms with Gasteiger partial charge in [0, 0.05) is 45.7 Å². The van der Waals surface area contributed by atoms with Gasteiger partial charge in [0.25, 0.3) is 0 Å². The number of sulfonamides is 1. The maximum atomic E-state index is 12.8. The van der Waals surface area contributed by atoms with E-state index in [0.29, 0.717) is 31.6 Å². The van der Waals surface area contributed by atoms with E-state index >= 15 is 0 Å². The highest BCUT2D eigenvalue weighted by Crippen LogP contribution is 2.33. The van der Waals surface area contributed by atoms with Crippen molar-refractivity contribution in [3.05, 3.63) is 53.1 Å². The third-order valence-corrected chi connectivity index (χ3v) is 7.69. The maximum absolute atomic E-state index is 12.8. The van der Waals surface area contributed by atoms with Gasteiger partial charge in [0.15, 0.2) is 11.5 Å². The fourth-order valence-corrected chi connectivity index (χ4v) is 5.31. The Morgan fingerprint density at radius 3 is 2.41 bits per heavy atom. The van der Waals surface area contributed by atoms with E-state index in [4.69, 9.17) is 9.47 Å². The molecule has 1 saturated heterocycles. The Morgan fingerprint density at radius 2 is 1.71 bits per heavy atom. The fraction of sp³-hybridized carbons (Fsp3) is 0.480. The van der Waals surface area contributed by atoms with Gasteiger partial charge in [-0.25, -0.2) is 8.42 Å². The third-order valence-electron chi connectivity index (χ3n) is 6.50. The number of hydrogen-bond donors (Lipinski definition) is 0. The number of benzene rings is 2. The Labute approximate surface area is 202 Å². The number of anilines is 1. The summed E-state index contributed by atoms with van der Waals surface area (Å²) in [6.45, 7) is 8.29. The zero-order valence-corrected chi connectivity index (χ0v) is 20.9. The van der Waals surface area contributed by atoms with Crippen molar-refractivity contribution in [3.63, 3.8) is 0 Å². The number of hydrogen-bond acceptors (Lipinski definition) is 6. The number of aryl methyl sites for hydroxylation is 2. The highest BCUT2D eigenvalue weighted by molar-refractivity contribution is 7.92. The number of ether oxygens (including phenoxy) is 2. The molecule has 0 spiro atoms. The smallest absolute Gasteiger partial charge is 0.232 e. The minimum absolute atomic E-state index is 0.0799. The van der Waals surface area contributed by atoms with Gasteiger partial charge in [-0.2, -0.15) is 0 Å². The van der Waals surface area contributed by atoms with Crippen LogP contribution < -0.4 is 13.8 Å². The van der Waals surface area contributed by atoms with Gasteiger partial charge in [0.05, 0.1) is 11.9 Å². The van der Waals surface area contributed by atoms with Gasteiger partial charge in [0.1, 0.15) is 0 Å². The van der Waals surface area contributed by atoms with Crippen LogP contribution in [0.15, 0.2) is 36.4 Å². The minimum atomic E-state index is -3.43. The summed E-state index contributed by atoms with van der Waals surface area (Å²) < 4.78 is 37.0. The monoisotopic (exact) mass is 487 g/mol. The molecule has 34 heavy (non-hydrogen) atoms. The normalized spacial score (nSPS) is 16.0. The molecule has 0 bridgehead atoms. The number of rotatable bonds is 8. The molecule has 2 aromatic rings. The molecule has 0 N–H and O–H groups in total. The molecule has 9 heteroatoms. The number of carbonyl (C=O) groups excluding carboxylic acids is 1. The molecule has 0 aliphatic carbocycles. The van der Waals surface area contributed by atoms with E-state index in [1.165, 1.54) is 10.6 Å². The van der Waals surface area contributed by atoms with Crippen LogP contribution in [0.4, 0.5) is 5.69 Å². The average molecular weight is 488 g/mol. The van der Waals surface area contributed by atoms with Crippen LogP contribution in [0.25, 0.3) is 0 Å². The number of nitrogens with zero attached hydrogens (tertiary/aromatic N) is 3. The molecule has 2 heterocycles. The van der Waals surface area contributed by atoms with Crippen LogP contribution in [-0.4, -0.2) is 69.9 Å². The van der Waals surface area contributed by atoms with Gasteiger partial charge in [-0.3, -0.25) is 14.0 Å². The lowest BCUT2D eigenvalue weighted by Crippen LogP contribution is -2.48. The third kappa shape index (κ3) is 5.82. The van der Waals surface area contributed by atoms with E-state index in [1.54, 1.807) is 0 Å². The number of amides is 1. The Hall–Kier alpha value is -2.78. The summed E-state index contributed by atoms with van der Waals surface area (Å²) in [6, 6.07) is 11.6. The Morgan fingerprint density at radius 1 is 0.971 bits per heavy atom. The van der Waals surface area contributed by atoms with Crippen molar-refractivity contribution in [1.29, 1.82) is 0 Å². The molecule has 1 fully saturated rings. The summed E-state index contributed by atoms with van der Waals surface area (Å²) in [4.78, 5) is 17.0. The molecule has 2 aliphatic rings. The van der Waals surface area contributed by atoms with Crippen molar-refractivity contribution in [3.8, 4) is 11.5 Å². The summed E-state index contributed by atoms with van der Waals surface area (Å²) >= 11 is 0. The lowest BCUT2D eigenvalue weighted by atomic mass is 10.1. The molecule has 1 amide bonds. The van der Waals surface area contributed by atoms with Crippen LogP contribution in [0.2, 0.25) is 0 Å². The number of carbonyl (C=O) groups is 1. The molecular weight excluding hydrogens is 454 g/mol. The zero-order valence-electron chi connectivity index (χ0n) is 20.1. The van der Waals surface area contributed by atoms with E-state index < -0.39 is 10.0 Å². The molecule has 0 saturated carbocycles. The largest absolute Gasteiger partial charge is 0.454 e. The van der Waals surface area contributed by atoms with Crippen molar-refractivity contribution in [1.82, 2.24) is 9.80 Å². The predicted molar refractivity (Wildman–Crippen MR) is 132 cm³/mol. The van der Waals surface area contributed by atoms with Gasteiger partial charge in [0.2, 0.25) is 22.7 Å². The summed E-state index contributed by atoms with van der Waals surface area (Å²) in [5.74, 6) is 1.65. The number of fused-ring (bicyclic) bond motifs is 1. The van der Waals surface area contributed by atoms with Crippen molar-refractivity contribution in [2.24, 2.45) is 0 Å². The number of piperazine rings is 1. The molecule has 2 aliphatic heterocycles. The van der Waals surface area contributed by atoms with E-state index in [9.17, 15) is 13.2 Å². The highest BCUT2D eigenvalue weighted by Gasteiger charge is 2.23. The van der Waals surface area contributed by atoms with Crippen LogP contribution in [-0.2, 0) is 21.4 Å². The molecule has 2 aromatic carbocycles. The van der Waals surface area contributed by atoms with Crippen molar-refractivity contribution in [2.45, 2.75) is 33.2 Å². The second-order valence-electron chi connectivity index (χ2n) is 9.05. The van der Waals surface area contributed by atoms with Crippen LogP contribution in [0.1, 0.15) is 29.5 Å². The summed E-state index contributed by atoms with van der Waals surface area (Å²) in [7, 11) is -3.43. The molecule has 0 radical (unpaired) electrons. The molecule has 0 aromatic heterocycles. The Bertz CT molecular complexity index is 1140. The van der Waals surface area contributed by atoms with E-state index in [1.807, 2.05) is 55.1 Å². The molecule has 4 rings (SSSR count). The van der Waals surface area contributed by atoms with E-state index in [0.717, 1.165) is 47.8 Å². The van der Waals surface area contributed by atoms with Crippen LogP contribution in [0, 0.1) is 13.8 Å². The standard InChI is InChI=1S/C25H33N3O5S/c1-19-6-8-22(15-20(19)2)28(34(3,30)31)10-4-5-25(29)27-13-11-26(12-14-27)17-21-7-9-23-24(16-21)33-18-32-23/h6-9,15-16H,4-5,10-14,17-18H2,1-3H3. The van der Waals surface area contributed by atoms with Crippen LogP contribution in [0.5, 0.6) is 11.5 Å². The first kappa shape index (κ1) is 24.3. The molecule has 8 nitrogen and oxygen atoms in total.